The van der Waals surface area contributed by atoms with E-state index in [0.717, 1.165) is 18.4 Å². The summed E-state index contributed by atoms with van der Waals surface area (Å²) in [6.07, 6.45) is 0.277. The van der Waals surface area contributed by atoms with Gasteiger partial charge >= 0.3 is 12.2 Å². The molecule has 9 heteroatoms. The van der Waals surface area contributed by atoms with E-state index in [1.807, 2.05) is 20.8 Å². The van der Waals surface area contributed by atoms with Crippen LogP contribution in [0.4, 0.5) is 14.0 Å². The summed E-state index contributed by atoms with van der Waals surface area (Å²) < 4.78 is 29.8. The molecule has 1 heterocycles. The fraction of sp³-hybridized carbons (Fsp3) is 0.619. The van der Waals surface area contributed by atoms with Gasteiger partial charge in [-0.15, -0.1) is 0 Å². The number of nitrogens with one attached hydrogen (secondary N) is 1. The monoisotopic (exact) mass is 444 g/mol. The first-order valence-electron chi connectivity index (χ1n) is 9.97. The van der Waals surface area contributed by atoms with E-state index in [4.69, 9.17) is 21.1 Å². The maximum absolute atomic E-state index is 13.7. The Kier molecular flexibility index (Phi) is 8.73. The molecule has 2 atom stereocenters. The number of hydrogen-bond acceptors (Lipinski definition) is 5. The van der Waals surface area contributed by atoms with E-state index in [9.17, 15) is 14.0 Å². The Morgan fingerprint density at radius 1 is 1.37 bits per heavy atom. The number of carbonyl (C=O) groups is 2. The minimum Gasteiger partial charge on any atom is -0.453 e. The lowest BCUT2D eigenvalue weighted by atomic mass is 9.88. The fourth-order valence-corrected chi connectivity index (χ4v) is 3.54. The molecule has 1 aromatic rings. The molecule has 1 N–H and O–H groups in total. The molecule has 1 saturated heterocycles. The molecule has 1 aliphatic rings. The Morgan fingerprint density at radius 3 is 2.73 bits per heavy atom. The molecule has 0 aliphatic carbocycles. The molecule has 0 aromatic heterocycles. The lowest BCUT2D eigenvalue weighted by Crippen LogP contribution is -2.44. The number of alkyl carbamates (subject to hydrolysis) is 1. The van der Waals surface area contributed by atoms with Crippen LogP contribution in [0.2, 0.25) is 5.02 Å². The summed E-state index contributed by atoms with van der Waals surface area (Å²) in [7, 11) is 1.28. The summed E-state index contributed by atoms with van der Waals surface area (Å²) in [4.78, 5) is 25.4. The second kappa shape index (κ2) is 10.8. The predicted octanol–water partition coefficient (Wildman–Crippen LogP) is 4.54. The Morgan fingerprint density at radius 2 is 2.10 bits per heavy atom. The van der Waals surface area contributed by atoms with Crippen molar-refractivity contribution in [2.45, 2.75) is 45.3 Å². The summed E-state index contributed by atoms with van der Waals surface area (Å²) in [6.45, 7) is 7.00. The molecule has 0 saturated carbocycles. The zero-order valence-electron chi connectivity index (χ0n) is 17.9. The summed E-state index contributed by atoms with van der Waals surface area (Å²) in [5.74, 6) is -0.545. The largest absolute Gasteiger partial charge is 0.453 e. The summed E-state index contributed by atoms with van der Waals surface area (Å²) in [6, 6.07) is 4.48. The van der Waals surface area contributed by atoms with Gasteiger partial charge in [0.1, 0.15) is 11.4 Å². The molecule has 2 amide bonds. The van der Waals surface area contributed by atoms with Crippen LogP contribution in [0, 0.1) is 11.7 Å². The lowest BCUT2D eigenvalue weighted by molar-refractivity contribution is -0.0245. The highest BCUT2D eigenvalue weighted by molar-refractivity contribution is 6.30. The number of ether oxygens (including phenoxy) is 3. The van der Waals surface area contributed by atoms with Gasteiger partial charge in [-0.05, 0) is 51.3 Å². The van der Waals surface area contributed by atoms with Crippen molar-refractivity contribution in [3.63, 3.8) is 0 Å². The number of benzene rings is 1. The first kappa shape index (κ1) is 24.2. The van der Waals surface area contributed by atoms with Crippen molar-refractivity contribution < 1.29 is 28.2 Å². The Hall–Kier alpha value is -2.06. The first-order valence-corrected chi connectivity index (χ1v) is 10.3. The number of amides is 2. The van der Waals surface area contributed by atoms with Crippen molar-refractivity contribution in [3.8, 4) is 0 Å². The van der Waals surface area contributed by atoms with Crippen molar-refractivity contribution >= 4 is 23.8 Å². The van der Waals surface area contributed by atoms with Gasteiger partial charge in [0, 0.05) is 25.6 Å². The topological polar surface area (TPSA) is 77.1 Å². The number of halogens is 2. The van der Waals surface area contributed by atoms with Crippen molar-refractivity contribution in [1.82, 2.24) is 10.2 Å². The molecule has 2 rings (SSSR count). The zero-order chi connectivity index (χ0) is 22.3. The summed E-state index contributed by atoms with van der Waals surface area (Å²) >= 11 is 5.98. The van der Waals surface area contributed by atoms with E-state index in [1.165, 1.54) is 13.2 Å². The van der Waals surface area contributed by atoms with Crippen LogP contribution >= 0.6 is 11.6 Å². The molecule has 168 valence electrons. The predicted molar refractivity (Wildman–Crippen MR) is 111 cm³/mol. The Balaban J connectivity index is 2.12. The van der Waals surface area contributed by atoms with E-state index in [-0.39, 0.29) is 30.2 Å². The van der Waals surface area contributed by atoms with Gasteiger partial charge in [-0.25, -0.2) is 14.0 Å². The van der Waals surface area contributed by atoms with E-state index in [2.05, 4.69) is 10.1 Å². The second-order valence-corrected chi connectivity index (χ2v) is 8.62. The Bertz CT molecular complexity index is 741. The van der Waals surface area contributed by atoms with Crippen molar-refractivity contribution in [3.05, 3.63) is 34.6 Å². The van der Waals surface area contributed by atoms with Crippen molar-refractivity contribution in [1.29, 1.82) is 0 Å². The molecule has 7 nitrogen and oxygen atoms in total. The third-order valence-electron chi connectivity index (χ3n) is 4.66. The van der Waals surface area contributed by atoms with Crippen LogP contribution in [0.1, 0.15) is 45.3 Å². The quantitative estimate of drug-likeness (QED) is 0.652. The van der Waals surface area contributed by atoms with Gasteiger partial charge in [0.25, 0.3) is 0 Å². The number of likely N-dealkylation sites (tertiary alicyclic amines) is 1. The van der Waals surface area contributed by atoms with Gasteiger partial charge in [0.05, 0.1) is 24.8 Å². The van der Waals surface area contributed by atoms with Gasteiger partial charge in [-0.1, -0.05) is 17.7 Å². The highest BCUT2D eigenvalue weighted by Crippen LogP contribution is 2.34. The smallest absolute Gasteiger partial charge is 0.410 e. The molecule has 1 aliphatic heterocycles. The van der Waals surface area contributed by atoms with Gasteiger partial charge in [-0.3, -0.25) is 0 Å². The average molecular weight is 445 g/mol. The van der Waals surface area contributed by atoms with Crippen LogP contribution in [0.3, 0.4) is 0 Å². The molecule has 1 unspecified atom stereocenters. The third-order valence-corrected chi connectivity index (χ3v) is 4.95. The number of methoxy groups -OCH3 is 1. The van der Waals surface area contributed by atoms with Crippen LogP contribution in [0.5, 0.6) is 0 Å². The second-order valence-electron chi connectivity index (χ2n) is 8.21. The summed E-state index contributed by atoms with van der Waals surface area (Å²) in [5.41, 5.74) is 0.139. The summed E-state index contributed by atoms with van der Waals surface area (Å²) in [5, 5.41) is 2.57. The van der Waals surface area contributed by atoms with Gasteiger partial charge in [0.2, 0.25) is 0 Å². The minimum absolute atomic E-state index is 0.00796. The number of hydrogen-bond donors (Lipinski definition) is 1. The maximum Gasteiger partial charge on any atom is 0.410 e. The van der Waals surface area contributed by atoms with E-state index in [1.54, 1.807) is 17.0 Å². The maximum atomic E-state index is 13.7. The standard InChI is InChI=1S/C21H30ClFN2O5/c1-21(2,3)30-20(27)25-10-5-6-15(13-25)18(29-11-9-24-19(26)28-4)14-7-8-17(23)16(22)12-14/h7-8,12,15,18H,5-6,9-11,13H2,1-4H3,(H,24,26)/t15?,18-/m0/s1. The van der Waals surface area contributed by atoms with Gasteiger partial charge in [-0.2, -0.15) is 0 Å². The Labute approximate surface area is 181 Å². The lowest BCUT2D eigenvalue weighted by Gasteiger charge is -2.37. The van der Waals surface area contributed by atoms with Gasteiger partial charge < -0.3 is 24.4 Å². The van der Waals surface area contributed by atoms with Crippen LogP contribution in [0.25, 0.3) is 0 Å². The molecule has 1 aromatic carbocycles. The van der Waals surface area contributed by atoms with E-state index >= 15 is 0 Å². The normalized spacial score (nSPS) is 17.9. The van der Waals surface area contributed by atoms with Crippen molar-refractivity contribution in [2.24, 2.45) is 5.92 Å². The highest BCUT2D eigenvalue weighted by Gasteiger charge is 2.33. The molecule has 0 spiro atoms. The van der Waals surface area contributed by atoms with Crippen LogP contribution in [0.15, 0.2) is 18.2 Å². The molecule has 30 heavy (non-hydrogen) atoms. The molecule has 0 radical (unpaired) electrons. The van der Waals surface area contributed by atoms with Crippen molar-refractivity contribution in [2.75, 3.05) is 33.4 Å². The number of carbonyl (C=O) groups excluding carboxylic acids is 2. The molecule has 0 bridgehead atoms. The van der Waals surface area contributed by atoms with Gasteiger partial charge in [0.15, 0.2) is 0 Å². The SMILES string of the molecule is COC(=O)NCCO[C@@H](c1ccc(F)c(Cl)c1)C1CCCN(C(=O)OC(C)(C)C)C1. The molecular formula is C21H30ClFN2O5. The molecule has 1 fully saturated rings. The highest BCUT2D eigenvalue weighted by atomic mass is 35.5. The number of piperidine rings is 1. The first-order chi connectivity index (χ1) is 14.1. The van der Waals surface area contributed by atoms with E-state index < -0.39 is 23.6 Å². The fourth-order valence-electron chi connectivity index (χ4n) is 3.35. The number of nitrogens with zero attached hydrogens (tertiary/aromatic N) is 1. The zero-order valence-corrected chi connectivity index (χ0v) is 18.6. The van der Waals surface area contributed by atoms with Crippen LogP contribution in [-0.4, -0.2) is 56.0 Å². The minimum atomic E-state index is -0.579. The average Bonchev–Trinajstić information content (AvgIpc) is 2.69. The van der Waals surface area contributed by atoms with Crippen LogP contribution < -0.4 is 5.32 Å². The molecular weight excluding hydrogens is 415 g/mol. The third kappa shape index (κ3) is 7.32. The number of rotatable bonds is 6. The van der Waals surface area contributed by atoms with E-state index in [0.29, 0.717) is 13.1 Å². The van der Waals surface area contributed by atoms with Crippen LogP contribution in [-0.2, 0) is 14.2 Å².